The molecule has 0 radical (unpaired) electrons. The molecule has 0 amide bonds. The van der Waals surface area contributed by atoms with Gasteiger partial charge in [-0.15, -0.1) is 0 Å². The van der Waals surface area contributed by atoms with E-state index in [4.69, 9.17) is 4.74 Å². The molecule has 0 spiro atoms. The van der Waals surface area contributed by atoms with Gasteiger partial charge in [-0.2, -0.15) is 0 Å². The van der Waals surface area contributed by atoms with Crippen LogP contribution in [0.25, 0.3) is 0 Å². The summed E-state index contributed by atoms with van der Waals surface area (Å²) in [7, 11) is 2.26. The van der Waals surface area contributed by atoms with Crippen LogP contribution in [0.4, 0.5) is 0 Å². The summed E-state index contributed by atoms with van der Waals surface area (Å²) in [6.07, 6.45) is 7.30. The van der Waals surface area contributed by atoms with Gasteiger partial charge in [-0.25, -0.2) is 0 Å². The van der Waals surface area contributed by atoms with Crippen LogP contribution in [0, 0.1) is 0 Å². The summed E-state index contributed by atoms with van der Waals surface area (Å²) in [6.45, 7) is 7.76. The summed E-state index contributed by atoms with van der Waals surface area (Å²) in [5.41, 5.74) is 0. The van der Waals surface area contributed by atoms with Crippen molar-refractivity contribution in [3.63, 3.8) is 0 Å². The van der Waals surface area contributed by atoms with E-state index in [2.05, 4.69) is 32.7 Å². The summed E-state index contributed by atoms with van der Waals surface area (Å²) >= 11 is 0. The van der Waals surface area contributed by atoms with Crippen molar-refractivity contribution in [1.29, 1.82) is 0 Å². The molecule has 0 N–H and O–H groups in total. The molecule has 0 saturated heterocycles. The van der Waals surface area contributed by atoms with Gasteiger partial charge in [0.1, 0.15) is 0 Å². The molecule has 1 fully saturated rings. The normalized spacial score (nSPS) is 27.6. The molecule has 0 aromatic carbocycles. The maximum atomic E-state index is 5.86. The molecule has 0 unspecified atom stereocenters. The van der Waals surface area contributed by atoms with Crippen LogP contribution in [0.15, 0.2) is 0 Å². The molecule has 90 valence electrons. The van der Waals surface area contributed by atoms with E-state index in [1.54, 1.807) is 0 Å². The highest BCUT2D eigenvalue weighted by atomic mass is 16.5. The number of rotatable bonds is 5. The van der Waals surface area contributed by atoms with Gasteiger partial charge in [0, 0.05) is 6.04 Å². The Labute approximate surface area is 95.0 Å². The van der Waals surface area contributed by atoms with E-state index in [0.29, 0.717) is 12.2 Å². The van der Waals surface area contributed by atoms with Crippen molar-refractivity contribution in [2.75, 3.05) is 13.6 Å². The lowest BCUT2D eigenvalue weighted by Crippen LogP contribution is -2.37. The van der Waals surface area contributed by atoms with Gasteiger partial charge in [-0.1, -0.05) is 6.92 Å². The molecule has 2 heteroatoms. The van der Waals surface area contributed by atoms with E-state index in [0.717, 1.165) is 6.04 Å². The van der Waals surface area contributed by atoms with Crippen LogP contribution in [-0.2, 0) is 4.74 Å². The fourth-order valence-electron chi connectivity index (χ4n) is 2.54. The summed E-state index contributed by atoms with van der Waals surface area (Å²) in [6, 6.07) is 0.803. The van der Waals surface area contributed by atoms with Crippen molar-refractivity contribution in [2.24, 2.45) is 0 Å². The smallest absolute Gasteiger partial charge is 0.0579 e. The lowest BCUT2D eigenvalue weighted by atomic mass is 9.92. The van der Waals surface area contributed by atoms with E-state index in [1.807, 2.05) is 0 Å². The minimum atomic E-state index is 0.389. The first-order valence-electron chi connectivity index (χ1n) is 6.49. The quantitative estimate of drug-likeness (QED) is 0.696. The van der Waals surface area contributed by atoms with E-state index in [9.17, 15) is 0 Å². The van der Waals surface area contributed by atoms with Crippen molar-refractivity contribution in [2.45, 2.75) is 71.1 Å². The summed E-state index contributed by atoms with van der Waals surface area (Å²) in [5, 5.41) is 0. The van der Waals surface area contributed by atoms with Crippen molar-refractivity contribution >= 4 is 0 Å². The fourth-order valence-corrected chi connectivity index (χ4v) is 2.54. The molecule has 2 nitrogen and oxygen atoms in total. The average Bonchev–Trinajstić information content (AvgIpc) is 2.18. The van der Waals surface area contributed by atoms with E-state index in [-0.39, 0.29) is 0 Å². The maximum absolute atomic E-state index is 5.86. The number of hydrogen-bond donors (Lipinski definition) is 0. The van der Waals surface area contributed by atoms with E-state index < -0.39 is 0 Å². The molecule has 1 aliphatic rings. The Morgan fingerprint density at radius 3 is 2.27 bits per heavy atom. The molecule has 1 aliphatic carbocycles. The average molecular weight is 213 g/mol. The minimum Gasteiger partial charge on any atom is -0.376 e. The first-order chi connectivity index (χ1) is 7.13. The van der Waals surface area contributed by atoms with Gasteiger partial charge in [-0.3, -0.25) is 0 Å². The van der Waals surface area contributed by atoms with Crippen LogP contribution >= 0.6 is 0 Å². The second-order valence-electron chi connectivity index (χ2n) is 5.10. The zero-order chi connectivity index (χ0) is 11.3. The van der Waals surface area contributed by atoms with Crippen LogP contribution in [-0.4, -0.2) is 36.7 Å². The van der Waals surface area contributed by atoms with Gasteiger partial charge >= 0.3 is 0 Å². The van der Waals surface area contributed by atoms with Crippen molar-refractivity contribution < 1.29 is 4.74 Å². The topological polar surface area (TPSA) is 12.5 Å². The Morgan fingerprint density at radius 2 is 1.80 bits per heavy atom. The van der Waals surface area contributed by atoms with Gasteiger partial charge in [0.25, 0.3) is 0 Å². The third-order valence-electron chi connectivity index (χ3n) is 3.31. The van der Waals surface area contributed by atoms with Gasteiger partial charge in [0.05, 0.1) is 12.2 Å². The Kier molecular flexibility index (Phi) is 5.62. The predicted molar refractivity (Wildman–Crippen MR) is 65.2 cm³/mol. The Bertz CT molecular complexity index is 162. The molecule has 0 aromatic heterocycles. The highest BCUT2D eigenvalue weighted by Gasteiger charge is 2.24. The molecule has 0 aromatic rings. The molecule has 0 heterocycles. The molecule has 1 saturated carbocycles. The molecule has 1 rings (SSSR count). The number of hydrogen-bond acceptors (Lipinski definition) is 2. The third kappa shape index (κ3) is 4.52. The standard InChI is InChI=1S/C13H27NO/c1-5-10-14(4)12-6-8-13(9-7-12)15-11(2)3/h11-13H,5-10H2,1-4H3/t12-,13-. The van der Waals surface area contributed by atoms with Crippen LogP contribution in [0.5, 0.6) is 0 Å². The highest BCUT2D eigenvalue weighted by Crippen LogP contribution is 2.25. The Morgan fingerprint density at radius 1 is 1.20 bits per heavy atom. The SMILES string of the molecule is CCCN(C)[C@H]1CC[C@H](OC(C)C)CC1. The Hall–Kier alpha value is -0.0800. The molecular weight excluding hydrogens is 186 g/mol. The molecule has 0 aliphatic heterocycles. The summed E-state index contributed by atoms with van der Waals surface area (Å²) in [4.78, 5) is 2.52. The zero-order valence-corrected chi connectivity index (χ0v) is 10.8. The summed E-state index contributed by atoms with van der Waals surface area (Å²) in [5.74, 6) is 0. The zero-order valence-electron chi connectivity index (χ0n) is 10.8. The molecule has 15 heavy (non-hydrogen) atoms. The first kappa shape index (κ1) is 13.0. The predicted octanol–water partition coefficient (Wildman–Crippen LogP) is 3.06. The largest absolute Gasteiger partial charge is 0.376 e. The lowest BCUT2D eigenvalue weighted by molar-refractivity contribution is -0.0241. The second kappa shape index (κ2) is 6.49. The lowest BCUT2D eigenvalue weighted by Gasteiger charge is -2.35. The molecule has 0 atom stereocenters. The van der Waals surface area contributed by atoms with Gasteiger partial charge in [0.2, 0.25) is 0 Å². The maximum Gasteiger partial charge on any atom is 0.0579 e. The van der Waals surface area contributed by atoms with E-state index in [1.165, 1.54) is 38.6 Å². The second-order valence-corrected chi connectivity index (χ2v) is 5.10. The van der Waals surface area contributed by atoms with E-state index >= 15 is 0 Å². The van der Waals surface area contributed by atoms with Gasteiger partial charge < -0.3 is 9.64 Å². The minimum absolute atomic E-state index is 0.389. The van der Waals surface area contributed by atoms with Gasteiger partial charge in [0.15, 0.2) is 0 Å². The number of nitrogens with zero attached hydrogens (tertiary/aromatic N) is 1. The van der Waals surface area contributed by atoms with Gasteiger partial charge in [-0.05, 0) is 59.5 Å². The molecular formula is C13H27NO. The number of ether oxygens (including phenoxy) is 1. The monoisotopic (exact) mass is 213 g/mol. The van der Waals surface area contributed by atoms with Crippen LogP contribution in [0.1, 0.15) is 52.9 Å². The molecule has 0 bridgehead atoms. The van der Waals surface area contributed by atoms with Crippen LogP contribution < -0.4 is 0 Å². The fraction of sp³-hybridized carbons (Fsp3) is 1.00. The summed E-state index contributed by atoms with van der Waals surface area (Å²) < 4.78 is 5.86. The van der Waals surface area contributed by atoms with Crippen LogP contribution in [0.3, 0.4) is 0 Å². The van der Waals surface area contributed by atoms with Crippen molar-refractivity contribution in [3.8, 4) is 0 Å². The van der Waals surface area contributed by atoms with Crippen LogP contribution in [0.2, 0.25) is 0 Å². The first-order valence-corrected chi connectivity index (χ1v) is 6.49. The Balaban J connectivity index is 2.23. The van der Waals surface area contributed by atoms with Crippen molar-refractivity contribution in [3.05, 3.63) is 0 Å². The highest BCUT2D eigenvalue weighted by molar-refractivity contribution is 4.78. The van der Waals surface area contributed by atoms with Crippen molar-refractivity contribution in [1.82, 2.24) is 4.90 Å². The third-order valence-corrected chi connectivity index (χ3v) is 3.31.